The Morgan fingerprint density at radius 2 is 2.07 bits per heavy atom. The van der Waals surface area contributed by atoms with E-state index in [0.717, 1.165) is 16.3 Å². The smallest absolute Gasteiger partial charge is 0.149 e. The number of allylic oxidation sites excluding steroid dienone is 1. The number of benzene rings is 3. The number of nitrogens with zero attached hydrogens (tertiary/aromatic N) is 2. The zero-order valence-corrected chi connectivity index (χ0v) is 14.7. The van der Waals surface area contributed by atoms with E-state index in [-0.39, 0.29) is 5.82 Å². The molecule has 1 aromatic heterocycles. The predicted octanol–water partition coefficient (Wildman–Crippen LogP) is 5.32. The molecular formula is C22H16FN3O. The van der Waals surface area contributed by atoms with Crippen molar-refractivity contribution in [3.8, 4) is 11.8 Å². The maximum Gasteiger partial charge on any atom is 0.149 e. The molecule has 4 nitrogen and oxygen atoms in total. The first kappa shape index (κ1) is 16.8. The van der Waals surface area contributed by atoms with E-state index in [4.69, 9.17) is 4.74 Å². The molecule has 1 N–H and O–H groups in total. The van der Waals surface area contributed by atoms with Gasteiger partial charge in [-0.15, -0.1) is 0 Å². The van der Waals surface area contributed by atoms with Gasteiger partial charge in [0.1, 0.15) is 23.5 Å². The van der Waals surface area contributed by atoms with E-state index < -0.39 is 0 Å². The third-order valence-corrected chi connectivity index (χ3v) is 4.34. The van der Waals surface area contributed by atoms with Gasteiger partial charge in [0.2, 0.25) is 0 Å². The highest BCUT2D eigenvalue weighted by atomic mass is 19.1. The number of nitrogens with one attached hydrogen (secondary N) is 1. The third-order valence-electron chi connectivity index (χ3n) is 4.34. The molecule has 1 heterocycles. The molecule has 4 rings (SSSR count). The van der Waals surface area contributed by atoms with E-state index in [1.54, 1.807) is 12.1 Å². The van der Waals surface area contributed by atoms with Gasteiger partial charge < -0.3 is 9.72 Å². The molecule has 0 unspecified atom stereocenters. The van der Waals surface area contributed by atoms with E-state index in [2.05, 4.69) is 16.0 Å². The van der Waals surface area contributed by atoms with Crippen LogP contribution in [0.3, 0.4) is 0 Å². The summed E-state index contributed by atoms with van der Waals surface area (Å²) in [6.45, 7) is 2.44. The van der Waals surface area contributed by atoms with Crippen LogP contribution in [-0.4, -0.2) is 16.6 Å². The first-order valence-corrected chi connectivity index (χ1v) is 8.61. The van der Waals surface area contributed by atoms with E-state index in [0.29, 0.717) is 34.8 Å². The normalized spacial score (nSPS) is 11.7. The molecule has 0 saturated carbocycles. The lowest BCUT2D eigenvalue weighted by Gasteiger charge is -2.11. The highest BCUT2D eigenvalue weighted by molar-refractivity contribution is 6.00. The van der Waals surface area contributed by atoms with Gasteiger partial charge in [-0.1, -0.05) is 30.3 Å². The minimum absolute atomic E-state index is 0.351. The molecule has 0 aliphatic carbocycles. The van der Waals surface area contributed by atoms with Gasteiger partial charge in [0, 0.05) is 5.56 Å². The van der Waals surface area contributed by atoms with Crippen molar-refractivity contribution < 1.29 is 9.13 Å². The summed E-state index contributed by atoms with van der Waals surface area (Å²) in [7, 11) is 0. The molecule has 0 radical (unpaired) electrons. The van der Waals surface area contributed by atoms with Gasteiger partial charge in [0.05, 0.1) is 23.2 Å². The van der Waals surface area contributed by atoms with Gasteiger partial charge in [-0.3, -0.25) is 0 Å². The van der Waals surface area contributed by atoms with Crippen molar-refractivity contribution in [3.05, 3.63) is 71.8 Å². The third kappa shape index (κ3) is 3.13. The fourth-order valence-electron chi connectivity index (χ4n) is 3.11. The van der Waals surface area contributed by atoms with Crippen LogP contribution in [0.4, 0.5) is 4.39 Å². The molecule has 0 fully saturated rings. The maximum atomic E-state index is 13.4. The molecule has 132 valence electrons. The van der Waals surface area contributed by atoms with Gasteiger partial charge in [0.25, 0.3) is 0 Å². The Morgan fingerprint density at radius 3 is 2.89 bits per heavy atom. The molecule has 0 spiro atoms. The Balaban J connectivity index is 1.91. The van der Waals surface area contributed by atoms with Crippen molar-refractivity contribution in [1.82, 2.24) is 9.97 Å². The minimum atomic E-state index is -0.354. The minimum Gasteiger partial charge on any atom is -0.493 e. The lowest BCUT2D eigenvalue weighted by Crippen LogP contribution is -1.95. The van der Waals surface area contributed by atoms with E-state index in [1.807, 2.05) is 43.3 Å². The Kier molecular flexibility index (Phi) is 4.31. The highest BCUT2D eigenvalue weighted by Gasteiger charge is 2.12. The summed E-state index contributed by atoms with van der Waals surface area (Å²) in [6, 6.07) is 18.3. The summed E-state index contributed by atoms with van der Waals surface area (Å²) in [5.74, 6) is 0.743. The van der Waals surface area contributed by atoms with Crippen molar-refractivity contribution >= 4 is 33.5 Å². The molecular weight excluding hydrogens is 341 g/mol. The molecule has 0 atom stereocenters. The quantitative estimate of drug-likeness (QED) is 0.503. The summed E-state index contributed by atoms with van der Waals surface area (Å²) in [6.07, 6.45) is 1.77. The zero-order chi connectivity index (χ0) is 18.8. The van der Waals surface area contributed by atoms with Crippen molar-refractivity contribution in [2.24, 2.45) is 0 Å². The van der Waals surface area contributed by atoms with Crippen molar-refractivity contribution in [3.63, 3.8) is 0 Å². The van der Waals surface area contributed by atoms with Gasteiger partial charge in [-0.05, 0) is 48.0 Å². The summed E-state index contributed by atoms with van der Waals surface area (Å²) >= 11 is 0. The number of fused-ring (bicyclic) bond motifs is 2. The fraction of sp³-hybridized carbons (Fsp3) is 0.0909. The van der Waals surface area contributed by atoms with Gasteiger partial charge >= 0.3 is 0 Å². The first-order chi connectivity index (χ1) is 13.2. The van der Waals surface area contributed by atoms with Crippen LogP contribution in [-0.2, 0) is 0 Å². The van der Waals surface area contributed by atoms with Gasteiger partial charge in [-0.2, -0.15) is 5.26 Å². The Morgan fingerprint density at radius 1 is 1.22 bits per heavy atom. The van der Waals surface area contributed by atoms with Crippen LogP contribution in [0.15, 0.2) is 54.6 Å². The number of imidazole rings is 1. The van der Waals surface area contributed by atoms with Gasteiger partial charge in [-0.25, -0.2) is 9.37 Å². The topological polar surface area (TPSA) is 61.7 Å². The average molecular weight is 357 g/mol. The molecule has 0 saturated heterocycles. The molecule has 4 aromatic rings. The Labute approximate surface area is 155 Å². The molecule has 27 heavy (non-hydrogen) atoms. The van der Waals surface area contributed by atoms with Crippen LogP contribution in [0, 0.1) is 17.1 Å². The second-order valence-corrected chi connectivity index (χ2v) is 6.05. The van der Waals surface area contributed by atoms with Crippen molar-refractivity contribution in [2.45, 2.75) is 6.92 Å². The highest BCUT2D eigenvalue weighted by Crippen LogP contribution is 2.32. The van der Waals surface area contributed by atoms with Crippen LogP contribution in [0.25, 0.3) is 33.5 Å². The number of rotatable bonds is 4. The number of nitriles is 1. The first-order valence-electron chi connectivity index (χ1n) is 8.61. The molecule has 0 bridgehead atoms. The monoisotopic (exact) mass is 357 g/mol. The number of aromatic amines is 1. The molecule has 0 aliphatic rings. The number of halogens is 1. The van der Waals surface area contributed by atoms with Crippen LogP contribution in [0.1, 0.15) is 18.3 Å². The van der Waals surface area contributed by atoms with Crippen LogP contribution >= 0.6 is 0 Å². The summed E-state index contributed by atoms with van der Waals surface area (Å²) < 4.78 is 19.2. The van der Waals surface area contributed by atoms with Crippen molar-refractivity contribution in [1.29, 1.82) is 5.26 Å². The maximum absolute atomic E-state index is 13.4. The number of hydrogen-bond acceptors (Lipinski definition) is 3. The second-order valence-electron chi connectivity index (χ2n) is 6.05. The lowest BCUT2D eigenvalue weighted by atomic mass is 10.0. The van der Waals surface area contributed by atoms with E-state index >= 15 is 0 Å². The SMILES string of the molecule is CCOc1ccc2ccccc2c1/C=C(/C#N)c1nc2ccc(F)cc2[nH]1. The Hall–Kier alpha value is -3.65. The zero-order valence-electron chi connectivity index (χ0n) is 14.7. The number of hydrogen-bond donors (Lipinski definition) is 1. The standard InChI is InChI=1S/C22H16FN3O/c1-2-27-21-10-7-14-5-3-4-6-17(14)18(21)11-15(13-24)22-25-19-9-8-16(23)12-20(19)26-22/h3-12H,2H2,1H3,(H,25,26)/b15-11-. The molecule has 0 amide bonds. The van der Waals surface area contributed by atoms with Crippen LogP contribution < -0.4 is 4.74 Å². The number of aromatic nitrogens is 2. The summed E-state index contributed by atoms with van der Waals surface area (Å²) in [4.78, 5) is 7.45. The second kappa shape index (κ2) is 6.93. The van der Waals surface area contributed by atoms with E-state index in [1.165, 1.54) is 12.1 Å². The fourth-order valence-corrected chi connectivity index (χ4v) is 3.11. The number of ether oxygens (including phenoxy) is 1. The predicted molar refractivity (Wildman–Crippen MR) is 105 cm³/mol. The number of H-pyrrole nitrogens is 1. The largest absolute Gasteiger partial charge is 0.493 e. The lowest BCUT2D eigenvalue weighted by molar-refractivity contribution is 0.340. The molecule has 0 aliphatic heterocycles. The van der Waals surface area contributed by atoms with Crippen molar-refractivity contribution in [2.75, 3.05) is 6.61 Å². The van der Waals surface area contributed by atoms with Crippen LogP contribution in [0.5, 0.6) is 5.75 Å². The summed E-state index contributed by atoms with van der Waals surface area (Å²) in [5, 5.41) is 11.8. The molecule has 3 aromatic carbocycles. The van der Waals surface area contributed by atoms with Gasteiger partial charge in [0.15, 0.2) is 0 Å². The summed E-state index contributed by atoms with van der Waals surface area (Å²) in [5.41, 5.74) is 2.33. The van der Waals surface area contributed by atoms with E-state index in [9.17, 15) is 9.65 Å². The average Bonchev–Trinajstić information content (AvgIpc) is 3.10. The van der Waals surface area contributed by atoms with Crippen LogP contribution in [0.2, 0.25) is 0 Å². The molecule has 5 heteroatoms. The Bertz CT molecular complexity index is 1220.